The molecule has 0 spiro atoms. The Morgan fingerprint density at radius 3 is 2.32 bits per heavy atom. The normalized spacial score (nSPS) is 11.5. The molecule has 9 heteroatoms. The van der Waals surface area contributed by atoms with Crippen molar-refractivity contribution in [3.63, 3.8) is 0 Å². The van der Waals surface area contributed by atoms with Crippen LogP contribution in [0, 0.1) is 13.8 Å². The highest BCUT2D eigenvalue weighted by atomic mass is 32.2. The molecule has 0 aliphatic carbocycles. The van der Waals surface area contributed by atoms with Crippen molar-refractivity contribution in [1.29, 1.82) is 0 Å². The lowest BCUT2D eigenvalue weighted by molar-refractivity contribution is 0.0519. The fourth-order valence-electron chi connectivity index (χ4n) is 3.75. The number of aromatic nitrogens is 1. The number of H-pyrrole nitrogens is 1. The highest BCUT2D eigenvalue weighted by Gasteiger charge is 2.31. The molecule has 1 heterocycles. The zero-order valence-electron chi connectivity index (χ0n) is 20.0. The van der Waals surface area contributed by atoms with Gasteiger partial charge in [0.25, 0.3) is 0 Å². The molecule has 0 amide bonds. The van der Waals surface area contributed by atoms with Crippen molar-refractivity contribution in [3.8, 4) is 11.5 Å². The maximum absolute atomic E-state index is 13.9. The number of sulfonamides is 1. The zero-order chi connectivity index (χ0) is 24.9. The second-order valence-corrected chi connectivity index (χ2v) is 9.63. The molecule has 0 aliphatic heterocycles. The first-order chi connectivity index (χ1) is 16.2. The van der Waals surface area contributed by atoms with Gasteiger partial charge in [-0.05, 0) is 49.6 Å². The first-order valence-corrected chi connectivity index (χ1v) is 12.3. The molecule has 0 bridgehead atoms. The molecule has 1 aromatic heterocycles. The molecule has 0 saturated heterocycles. The van der Waals surface area contributed by atoms with E-state index in [0.717, 1.165) is 5.56 Å². The van der Waals surface area contributed by atoms with Crippen molar-refractivity contribution in [2.45, 2.75) is 38.8 Å². The molecule has 8 nitrogen and oxygen atoms in total. The van der Waals surface area contributed by atoms with Crippen molar-refractivity contribution < 1.29 is 27.4 Å². The topological polar surface area (TPSA) is 97.9 Å². The molecule has 0 saturated carbocycles. The number of nitrogens with one attached hydrogen (secondary N) is 1. The molecule has 0 atom stereocenters. The SMILES string of the molecule is CCOC(=O)c1[nH]c(C)c(CN(Cc2ccccc2)S(=O)(=O)c2cc(OC)ccc2OC)c1C. The summed E-state index contributed by atoms with van der Waals surface area (Å²) in [4.78, 5) is 15.4. The van der Waals surface area contributed by atoms with Crippen molar-refractivity contribution in [2.24, 2.45) is 0 Å². The van der Waals surface area contributed by atoms with E-state index >= 15 is 0 Å². The Bertz CT molecular complexity index is 1250. The van der Waals surface area contributed by atoms with Gasteiger partial charge in [0.2, 0.25) is 10.0 Å². The molecule has 0 fully saturated rings. The summed E-state index contributed by atoms with van der Waals surface area (Å²) in [5.41, 5.74) is 3.22. The summed E-state index contributed by atoms with van der Waals surface area (Å²) >= 11 is 0. The average molecular weight is 487 g/mol. The van der Waals surface area contributed by atoms with Gasteiger partial charge < -0.3 is 19.2 Å². The first kappa shape index (κ1) is 25.3. The van der Waals surface area contributed by atoms with Crippen LogP contribution < -0.4 is 9.47 Å². The molecular weight excluding hydrogens is 456 g/mol. The third-order valence-electron chi connectivity index (χ3n) is 5.60. The molecule has 182 valence electrons. The van der Waals surface area contributed by atoms with Gasteiger partial charge in [0.05, 0.1) is 20.8 Å². The molecule has 0 aliphatic rings. The Hall–Kier alpha value is -3.30. The predicted molar refractivity (Wildman–Crippen MR) is 129 cm³/mol. The van der Waals surface area contributed by atoms with Crippen LogP contribution in [-0.4, -0.2) is 44.5 Å². The summed E-state index contributed by atoms with van der Waals surface area (Å²) < 4.78 is 45.0. The number of methoxy groups -OCH3 is 2. The summed E-state index contributed by atoms with van der Waals surface area (Å²) in [6.45, 7) is 5.75. The summed E-state index contributed by atoms with van der Waals surface area (Å²) in [7, 11) is -1.13. The number of carbonyl (C=O) groups is 1. The molecule has 0 radical (unpaired) electrons. The number of hydrogen-bond acceptors (Lipinski definition) is 6. The smallest absolute Gasteiger partial charge is 0.355 e. The number of aromatic amines is 1. The largest absolute Gasteiger partial charge is 0.497 e. The summed E-state index contributed by atoms with van der Waals surface area (Å²) in [6, 6.07) is 14.0. The third-order valence-corrected chi connectivity index (χ3v) is 7.41. The second kappa shape index (κ2) is 10.8. The molecule has 34 heavy (non-hydrogen) atoms. The first-order valence-electron chi connectivity index (χ1n) is 10.8. The van der Waals surface area contributed by atoms with E-state index in [9.17, 15) is 13.2 Å². The van der Waals surface area contributed by atoms with Crippen LogP contribution in [0.5, 0.6) is 11.5 Å². The zero-order valence-corrected chi connectivity index (χ0v) is 20.9. The molecule has 1 N–H and O–H groups in total. The van der Waals surface area contributed by atoms with Gasteiger partial charge in [-0.2, -0.15) is 4.31 Å². The highest BCUT2D eigenvalue weighted by molar-refractivity contribution is 7.89. The Balaban J connectivity index is 2.10. The number of rotatable bonds is 10. The number of benzene rings is 2. The quantitative estimate of drug-likeness (QED) is 0.431. The van der Waals surface area contributed by atoms with Crippen LogP contribution in [0.4, 0.5) is 0 Å². The highest BCUT2D eigenvalue weighted by Crippen LogP contribution is 2.33. The summed E-state index contributed by atoms with van der Waals surface area (Å²) in [5, 5.41) is 0. The maximum atomic E-state index is 13.9. The molecular formula is C25H30N2O6S. The van der Waals surface area contributed by atoms with Crippen molar-refractivity contribution in [1.82, 2.24) is 9.29 Å². The minimum Gasteiger partial charge on any atom is -0.497 e. The Kier molecular flexibility index (Phi) is 8.01. The second-order valence-electron chi connectivity index (χ2n) is 7.72. The van der Waals surface area contributed by atoms with Gasteiger partial charge in [-0.1, -0.05) is 30.3 Å². The lowest BCUT2D eigenvalue weighted by Crippen LogP contribution is -2.31. The van der Waals surface area contributed by atoms with Gasteiger partial charge in [0.15, 0.2) is 0 Å². The van der Waals surface area contributed by atoms with E-state index in [1.54, 1.807) is 26.0 Å². The van der Waals surface area contributed by atoms with E-state index in [1.807, 2.05) is 37.3 Å². The van der Waals surface area contributed by atoms with E-state index < -0.39 is 16.0 Å². The van der Waals surface area contributed by atoms with Gasteiger partial charge in [-0.3, -0.25) is 0 Å². The Morgan fingerprint density at radius 2 is 1.71 bits per heavy atom. The summed E-state index contributed by atoms with van der Waals surface area (Å²) in [5.74, 6) is 0.146. The predicted octanol–water partition coefficient (Wildman–Crippen LogP) is 4.22. The van der Waals surface area contributed by atoms with Gasteiger partial charge in [-0.25, -0.2) is 13.2 Å². The minimum absolute atomic E-state index is 0.00161. The van der Waals surface area contributed by atoms with Gasteiger partial charge in [-0.15, -0.1) is 0 Å². The lowest BCUT2D eigenvalue weighted by atomic mass is 10.1. The Labute approximate surface area is 200 Å². The third kappa shape index (κ3) is 5.26. The number of esters is 1. The van der Waals surface area contributed by atoms with E-state index in [-0.39, 0.29) is 30.3 Å². The van der Waals surface area contributed by atoms with Gasteiger partial charge >= 0.3 is 5.97 Å². The molecule has 2 aromatic carbocycles. The molecule has 0 unspecified atom stereocenters. The van der Waals surface area contributed by atoms with E-state index in [1.165, 1.54) is 24.6 Å². The number of aryl methyl sites for hydroxylation is 1. The van der Waals surface area contributed by atoms with Crippen molar-refractivity contribution >= 4 is 16.0 Å². The number of carbonyl (C=O) groups excluding carboxylic acids is 1. The van der Waals surface area contributed by atoms with Crippen LogP contribution in [0.25, 0.3) is 0 Å². The number of hydrogen-bond donors (Lipinski definition) is 1. The average Bonchev–Trinajstić information content (AvgIpc) is 3.12. The minimum atomic E-state index is -4.03. The van der Waals surface area contributed by atoms with E-state index in [2.05, 4.69) is 4.98 Å². The standard InChI is InChI=1S/C25H30N2O6S/c1-6-33-25(28)24-17(2)21(18(3)26-24)16-27(15-19-10-8-7-9-11-19)34(29,30)23-14-20(31-4)12-13-22(23)32-5/h7-14,26H,6,15-16H2,1-5H3. The van der Waals surface area contributed by atoms with Crippen LogP contribution in [0.15, 0.2) is 53.4 Å². The lowest BCUT2D eigenvalue weighted by Gasteiger charge is -2.24. The van der Waals surface area contributed by atoms with Gasteiger partial charge in [0.1, 0.15) is 22.1 Å². The van der Waals surface area contributed by atoms with Crippen LogP contribution in [0.3, 0.4) is 0 Å². The van der Waals surface area contributed by atoms with Crippen LogP contribution in [0.1, 0.15) is 39.8 Å². The molecule has 3 rings (SSSR count). The van der Waals surface area contributed by atoms with Crippen molar-refractivity contribution in [3.05, 3.63) is 76.6 Å². The van der Waals surface area contributed by atoms with Crippen molar-refractivity contribution in [2.75, 3.05) is 20.8 Å². The summed E-state index contributed by atoms with van der Waals surface area (Å²) in [6.07, 6.45) is 0. The fourth-order valence-corrected chi connectivity index (χ4v) is 5.31. The Morgan fingerprint density at radius 1 is 1.00 bits per heavy atom. The fraction of sp³-hybridized carbons (Fsp3) is 0.320. The van der Waals surface area contributed by atoms with Gasteiger partial charge in [0, 0.05) is 24.8 Å². The number of nitrogens with zero attached hydrogens (tertiary/aromatic N) is 1. The van der Waals surface area contributed by atoms with Crippen LogP contribution >= 0.6 is 0 Å². The maximum Gasteiger partial charge on any atom is 0.355 e. The van der Waals surface area contributed by atoms with Crippen LogP contribution in [0.2, 0.25) is 0 Å². The van der Waals surface area contributed by atoms with Crippen LogP contribution in [-0.2, 0) is 27.8 Å². The van der Waals surface area contributed by atoms with E-state index in [0.29, 0.717) is 28.3 Å². The monoisotopic (exact) mass is 486 g/mol. The number of ether oxygens (including phenoxy) is 3. The van der Waals surface area contributed by atoms with E-state index in [4.69, 9.17) is 14.2 Å². The molecule has 3 aromatic rings.